The molecule has 0 aromatic heterocycles. The second-order valence-corrected chi connectivity index (χ2v) is 21.0. The minimum absolute atomic E-state index is 0.216. The van der Waals surface area contributed by atoms with E-state index in [4.69, 9.17) is 23.7 Å². The van der Waals surface area contributed by atoms with Gasteiger partial charge in [0.2, 0.25) is 0 Å². The van der Waals surface area contributed by atoms with Crippen LogP contribution in [0.5, 0.6) is 0 Å². The first-order valence-corrected chi connectivity index (χ1v) is 27.1. The van der Waals surface area contributed by atoms with Gasteiger partial charge in [0.1, 0.15) is 18.6 Å². The van der Waals surface area contributed by atoms with Crippen LogP contribution >= 0.6 is 23.5 Å². The van der Waals surface area contributed by atoms with E-state index in [9.17, 15) is 33.5 Å². The van der Waals surface area contributed by atoms with E-state index >= 15 is 4.39 Å². The number of alkyl halides is 2. The molecule has 1 N–H and O–H groups in total. The molecule has 15 heteroatoms. The second kappa shape index (κ2) is 26.3. The average molecular weight is 1100 g/mol. The second-order valence-electron chi connectivity index (χ2n) is 18.3. The monoisotopic (exact) mass is 1100 g/mol. The first kappa shape index (κ1) is 55.4. The molecule has 0 amide bonds. The first-order valence-electron chi connectivity index (χ1n) is 25.2. The zero-order chi connectivity index (χ0) is 55.3. The zero-order valence-electron chi connectivity index (χ0n) is 42.4. The number of esters is 5. The SMILES string of the molecule is CC(=O)OC1S[C@H](COC(=O)c2ccc(-c3ccccc3)cc2)[C@@H](OC(=O)c2ccc(-c3ccccc3)cc2)[C@@H]1F.O=C(OC[C@H]1SC(O)[C@@H](F)[C@@H]1OC(=O)c1ccc(-c2ccccc2)cc1)c1ccc(-c2ccccc2)cc1. The predicted octanol–water partition coefficient (Wildman–Crippen LogP) is 12.9. The molecule has 400 valence electrons. The molecular weight excluding hydrogens is 1050 g/mol. The van der Waals surface area contributed by atoms with Gasteiger partial charge < -0.3 is 28.8 Å². The van der Waals surface area contributed by atoms with E-state index in [1.165, 1.54) is 6.92 Å². The maximum absolute atomic E-state index is 15.4. The van der Waals surface area contributed by atoms with Crippen LogP contribution in [-0.4, -0.2) is 94.1 Å². The van der Waals surface area contributed by atoms with Crippen LogP contribution in [0, 0.1) is 0 Å². The molecule has 0 spiro atoms. The lowest BCUT2D eigenvalue weighted by molar-refractivity contribution is -0.145. The summed E-state index contributed by atoms with van der Waals surface area (Å²) in [6, 6.07) is 66.4. The molecule has 8 aromatic rings. The number of aliphatic hydroxyl groups is 1. The van der Waals surface area contributed by atoms with Gasteiger partial charge in [-0.05, 0) is 93.0 Å². The summed E-state index contributed by atoms with van der Waals surface area (Å²) in [5.41, 5.74) is 6.38. The number of hydrogen-bond donors (Lipinski definition) is 1. The number of carbonyl (C=O) groups excluding carboxylic acids is 5. The van der Waals surface area contributed by atoms with Crippen molar-refractivity contribution in [3.05, 3.63) is 241 Å². The molecular formula is C64H52F2O11S2. The van der Waals surface area contributed by atoms with Gasteiger partial charge >= 0.3 is 29.8 Å². The highest BCUT2D eigenvalue weighted by Gasteiger charge is 2.50. The molecule has 0 saturated carbocycles. The fraction of sp³-hybridized carbons (Fsp3) is 0.172. The molecule has 2 fully saturated rings. The summed E-state index contributed by atoms with van der Waals surface area (Å²) in [6.07, 6.45) is -6.16. The lowest BCUT2D eigenvalue weighted by Crippen LogP contribution is -2.37. The van der Waals surface area contributed by atoms with E-state index in [0.29, 0.717) is 11.1 Å². The van der Waals surface area contributed by atoms with E-state index in [2.05, 4.69) is 0 Å². The predicted molar refractivity (Wildman–Crippen MR) is 301 cm³/mol. The van der Waals surface area contributed by atoms with Crippen molar-refractivity contribution in [3.63, 3.8) is 0 Å². The van der Waals surface area contributed by atoms with Gasteiger partial charge in [0.05, 0.1) is 32.8 Å². The van der Waals surface area contributed by atoms with Crippen molar-refractivity contribution in [2.45, 2.75) is 52.8 Å². The Balaban J connectivity index is 0.000000192. The van der Waals surface area contributed by atoms with Crippen LogP contribution in [0.2, 0.25) is 0 Å². The Morgan fingerprint density at radius 1 is 0.380 bits per heavy atom. The number of carbonyl (C=O) groups is 5. The summed E-state index contributed by atoms with van der Waals surface area (Å²) in [5, 5.41) is 8.53. The van der Waals surface area contributed by atoms with Crippen LogP contribution in [0.3, 0.4) is 0 Å². The van der Waals surface area contributed by atoms with E-state index in [0.717, 1.165) is 68.0 Å². The Bertz CT molecular complexity index is 3320. The van der Waals surface area contributed by atoms with E-state index in [1.807, 2.05) is 146 Å². The lowest BCUT2D eigenvalue weighted by atomic mass is 10.0. The molecule has 0 aliphatic carbocycles. The van der Waals surface area contributed by atoms with Crippen LogP contribution in [0.4, 0.5) is 8.78 Å². The topological polar surface area (TPSA) is 152 Å². The number of halogens is 2. The van der Waals surface area contributed by atoms with Crippen molar-refractivity contribution in [3.8, 4) is 44.5 Å². The minimum atomic E-state index is -1.80. The molecule has 2 aliphatic rings. The summed E-state index contributed by atoms with van der Waals surface area (Å²) < 4.78 is 57.1. The minimum Gasteiger partial charge on any atom is -0.461 e. The van der Waals surface area contributed by atoms with Crippen LogP contribution in [0.1, 0.15) is 48.4 Å². The summed E-state index contributed by atoms with van der Waals surface area (Å²) in [5.74, 6) is -3.28. The van der Waals surface area contributed by atoms with Crippen molar-refractivity contribution in [1.29, 1.82) is 0 Å². The highest BCUT2D eigenvalue weighted by molar-refractivity contribution is 8.01. The number of hydrogen-bond acceptors (Lipinski definition) is 13. The summed E-state index contributed by atoms with van der Waals surface area (Å²) >= 11 is 1.84. The Kier molecular flexibility index (Phi) is 18.5. The van der Waals surface area contributed by atoms with Gasteiger partial charge in [-0.3, -0.25) is 4.79 Å². The standard InChI is InChI=1S/C33H27FO6S.C31H25FO5S/c1-21(35)39-33-29(34)30(40-32(37)27-18-14-25(15-19-27)23-10-6-3-7-11-23)28(41-33)20-38-31(36)26-16-12-24(13-17-26)22-8-4-2-5-9-22;32-27-28(37-30(34)25-17-13-23(14-18-25)21-9-5-2-6-10-21)26(38-31(27)35)19-36-29(33)24-15-11-22(12-16-24)20-7-3-1-4-8-20/h2-19,28-30,33H,20H2,1H3;1-18,26-28,31,35H,19H2/t28-,29+,30-,33?;26-,27+,28-,31?/m11/s1. The van der Waals surface area contributed by atoms with Crippen LogP contribution in [0.25, 0.3) is 44.5 Å². The quantitative estimate of drug-likeness (QED) is 0.0766. The van der Waals surface area contributed by atoms with Gasteiger partial charge in [-0.25, -0.2) is 28.0 Å². The molecule has 2 unspecified atom stereocenters. The van der Waals surface area contributed by atoms with E-state index in [1.54, 1.807) is 72.8 Å². The highest BCUT2D eigenvalue weighted by Crippen LogP contribution is 2.40. The number of benzene rings is 8. The van der Waals surface area contributed by atoms with Gasteiger partial charge in [0.25, 0.3) is 0 Å². The molecule has 11 nitrogen and oxygen atoms in total. The number of ether oxygens (including phenoxy) is 5. The van der Waals surface area contributed by atoms with Gasteiger partial charge in [0, 0.05) is 6.92 Å². The lowest BCUT2D eigenvalue weighted by Gasteiger charge is -2.20. The maximum Gasteiger partial charge on any atom is 0.338 e. The third-order valence-corrected chi connectivity index (χ3v) is 15.6. The molecule has 0 radical (unpaired) electrons. The fourth-order valence-electron chi connectivity index (χ4n) is 8.77. The van der Waals surface area contributed by atoms with E-state index in [-0.39, 0.29) is 24.3 Å². The molecule has 2 aliphatic heterocycles. The highest BCUT2D eigenvalue weighted by atomic mass is 32.2. The molecule has 2 saturated heterocycles. The Morgan fingerprint density at radius 2 is 0.658 bits per heavy atom. The van der Waals surface area contributed by atoms with Crippen molar-refractivity contribution >= 4 is 53.4 Å². The largest absolute Gasteiger partial charge is 0.461 e. The fourth-order valence-corrected chi connectivity index (χ4v) is 11.3. The number of thioether (sulfide) groups is 2. The van der Waals surface area contributed by atoms with Gasteiger partial charge in [-0.2, -0.15) is 0 Å². The molecule has 79 heavy (non-hydrogen) atoms. The van der Waals surface area contributed by atoms with E-state index < -0.39 is 75.8 Å². The molecule has 8 atom stereocenters. The first-order chi connectivity index (χ1) is 38.4. The summed E-state index contributed by atoms with van der Waals surface area (Å²) in [4.78, 5) is 62.7. The normalized spacial score (nSPS) is 20.2. The Morgan fingerprint density at radius 3 is 0.975 bits per heavy atom. The molecule has 2 heterocycles. The average Bonchev–Trinajstić information content (AvgIpc) is 3.95. The van der Waals surface area contributed by atoms with Crippen LogP contribution in [-0.2, 0) is 28.5 Å². The zero-order valence-corrected chi connectivity index (χ0v) is 44.1. The molecule has 8 aromatic carbocycles. The van der Waals surface area contributed by atoms with Crippen molar-refractivity contribution < 1.29 is 61.5 Å². The molecule has 0 bridgehead atoms. The van der Waals surface area contributed by atoms with Gasteiger partial charge in [-0.15, -0.1) is 23.5 Å². The van der Waals surface area contributed by atoms with Crippen molar-refractivity contribution in [2.75, 3.05) is 13.2 Å². The Labute approximate surface area is 463 Å². The third kappa shape index (κ3) is 14.2. The molecule has 10 rings (SSSR count). The number of rotatable bonds is 15. The maximum atomic E-state index is 15.4. The summed E-state index contributed by atoms with van der Waals surface area (Å²) in [6.45, 7) is 0.717. The summed E-state index contributed by atoms with van der Waals surface area (Å²) in [7, 11) is 0. The van der Waals surface area contributed by atoms with Crippen molar-refractivity contribution in [2.24, 2.45) is 0 Å². The third-order valence-electron chi connectivity index (χ3n) is 13.0. The van der Waals surface area contributed by atoms with Crippen LogP contribution in [0.15, 0.2) is 218 Å². The van der Waals surface area contributed by atoms with Crippen LogP contribution < -0.4 is 0 Å². The van der Waals surface area contributed by atoms with Crippen molar-refractivity contribution in [1.82, 2.24) is 0 Å². The van der Waals surface area contributed by atoms with Gasteiger partial charge in [-0.1, -0.05) is 170 Å². The Hall–Kier alpha value is -8.37. The number of aliphatic hydroxyl groups excluding tert-OH is 1. The van der Waals surface area contributed by atoms with Gasteiger partial charge in [0.15, 0.2) is 30.0 Å². The smallest absolute Gasteiger partial charge is 0.338 e.